The highest BCUT2D eigenvalue weighted by Crippen LogP contribution is 2.10. The van der Waals surface area contributed by atoms with Gasteiger partial charge in [0.2, 0.25) is 0 Å². The number of nitrogens with one attached hydrogen (secondary N) is 2. The SMILES string of the molecule is C=CCNC(=O)c1ccc(NC(C)(C)C)nn1. The van der Waals surface area contributed by atoms with Crippen molar-refractivity contribution >= 4 is 11.7 Å². The molecule has 0 radical (unpaired) electrons. The Balaban J connectivity index is 2.67. The number of hydrogen-bond donors (Lipinski definition) is 2. The maximum atomic E-state index is 11.5. The summed E-state index contributed by atoms with van der Waals surface area (Å²) in [6.07, 6.45) is 1.61. The Hall–Kier alpha value is -1.91. The van der Waals surface area contributed by atoms with Crippen molar-refractivity contribution in [1.82, 2.24) is 15.5 Å². The van der Waals surface area contributed by atoms with Crippen LogP contribution in [-0.2, 0) is 0 Å². The Labute approximate surface area is 101 Å². The predicted octanol–water partition coefficient (Wildman–Crippen LogP) is 1.60. The lowest BCUT2D eigenvalue weighted by molar-refractivity contribution is 0.0952. The van der Waals surface area contributed by atoms with Crippen molar-refractivity contribution < 1.29 is 4.79 Å². The molecule has 5 heteroatoms. The zero-order valence-corrected chi connectivity index (χ0v) is 10.4. The summed E-state index contributed by atoms with van der Waals surface area (Å²) < 4.78 is 0. The van der Waals surface area contributed by atoms with E-state index >= 15 is 0 Å². The third-order valence-corrected chi connectivity index (χ3v) is 1.81. The molecule has 0 bridgehead atoms. The predicted molar refractivity (Wildman–Crippen MR) is 67.9 cm³/mol. The van der Waals surface area contributed by atoms with E-state index in [9.17, 15) is 4.79 Å². The highest BCUT2D eigenvalue weighted by atomic mass is 16.1. The second kappa shape index (κ2) is 5.43. The Morgan fingerprint density at radius 3 is 2.59 bits per heavy atom. The number of anilines is 1. The van der Waals surface area contributed by atoms with Crippen molar-refractivity contribution in [2.75, 3.05) is 11.9 Å². The zero-order chi connectivity index (χ0) is 12.9. The molecule has 1 aromatic heterocycles. The van der Waals surface area contributed by atoms with Gasteiger partial charge in [0, 0.05) is 12.1 Å². The second-order valence-electron chi connectivity index (χ2n) is 4.68. The van der Waals surface area contributed by atoms with Crippen LogP contribution in [0.5, 0.6) is 0 Å². The van der Waals surface area contributed by atoms with Crippen LogP contribution in [0.2, 0.25) is 0 Å². The minimum atomic E-state index is -0.250. The molecule has 2 N–H and O–H groups in total. The normalized spacial score (nSPS) is 10.8. The molecule has 0 unspecified atom stereocenters. The largest absolute Gasteiger partial charge is 0.364 e. The van der Waals surface area contributed by atoms with Gasteiger partial charge in [0.15, 0.2) is 5.69 Å². The van der Waals surface area contributed by atoms with Crippen molar-refractivity contribution in [2.24, 2.45) is 0 Å². The van der Waals surface area contributed by atoms with Gasteiger partial charge in [0.05, 0.1) is 0 Å². The van der Waals surface area contributed by atoms with Crippen LogP contribution in [0, 0.1) is 0 Å². The first-order valence-corrected chi connectivity index (χ1v) is 5.43. The molecule has 0 fully saturated rings. The van der Waals surface area contributed by atoms with Crippen molar-refractivity contribution in [2.45, 2.75) is 26.3 Å². The van der Waals surface area contributed by atoms with Crippen LogP contribution in [0.4, 0.5) is 5.82 Å². The van der Waals surface area contributed by atoms with E-state index in [4.69, 9.17) is 0 Å². The van der Waals surface area contributed by atoms with Crippen molar-refractivity contribution in [3.05, 3.63) is 30.5 Å². The molecule has 1 heterocycles. The number of carbonyl (C=O) groups excluding carboxylic acids is 1. The maximum Gasteiger partial charge on any atom is 0.272 e. The van der Waals surface area contributed by atoms with E-state index in [-0.39, 0.29) is 11.4 Å². The number of rotatable bonds is 4. The van der Waals surface area contributed by atoms with Gasteiger partial charge in [0.25, 0.3) is 5.91 Å². The Bertz CT molecular complexity index is 392. The number of carbonyl (C=O) groups is 1. The van der Waals surface area contributed by atoms with Gasteiger partial charge in [0.1, 0.15) is 5.82 Å². The molecule has 0 atom stereocenters. The van der Waals surface area contributed by atoms with Gasteiger partial charge in [-0.15, -0.1) is 16.8 Å². The van der Waals surface area contributed by atoms with E-state index in [0.717, 1.165) is 0 Å². The molecule has 1 rings (SSSR count). The molecule has 0 saturated heterocycles. The van der Waals surface area contributed by atoms with E-state index in [2.05, 4.69) is 27.4 Å². The van der Waals surface area contributed by atoms with E-state index in [0.29, 0.717) is 18.1 Å². The van der Waals surface area contributed by atoms with Crippen LogP contribution in [0.15, 0.2) is 24.8 Å². The van der Waals surface area contributed by atoms with Crippen LogP contribution in [-0.4, -0.2) is 28.2 Å². The number of amides is 1. The highest BCUT2D eigenvalue weighted by molar-refractivity contribution is 5.92. The van der Waals surface area contributed by atoms with Gasteiger partial charge in [-0.1, -0.05) is 6.08 Å². The summed E-state index contributed by atoms with van der Waals surface area (Å²) in [4.78, 5) is 11.5. The van der Waals surface area contributed by atoms with Gasteiger partial charge in [-0.25, -0.2) is 0 Å². The van der Waals surface area contributed by atoms with Crippen LogP contribution >= 0.6 is 0 Å². The third-order valence-electron chi connectivity index (χ3n) is 1.81. The third kappa shape index (κ3) is 4.63. The summed E-state index contributed by atoms with van der Waals surface area (Å²) in [6, 6.07) is 3.38. The number of hydrogen-bond acceptors (Lipinski definition) is 4. The summed E-state index contributed by atoms with van der Waals surface area (Å²) in [7, 11) is 0. The first-order chi connectivity index (χ1) is 7.92. The maximum absolute atomic E-state index is 11.5. The molecular weight excluding hydrogens is 216 g/mol. The fraction of sp³-hybridized carbons (Fsp3) is 0.417. The first-order valence-electron chi connectivity index (χ1n) is 5.43. The Morgan fingerprint density at radius 2 is 2.12 bits per heavy atom. The monoisotopic (exact) mass is 234 g/mol. The lowest BCUT2D eigenvalue weighted by atomic mass is 10.1. The fourth-order valence-corrected chi connectivity index (χ4v) is 1.16. The van der Waals surface area contributed by atoms with E-state index < -0.39 is 0 Å². The Morgan fingerprint density at radius 1 is 1.41 bits per heavy atom. The van der Waals surface area contributed by atoms with Crippen molar-refractivity contribution in [3.8, 4) is 0 Å². The van der Waals surface area contributed by atoms with Gasteiger partial charge in [-0.2, -0.15) is 0 Å². The van der Waals surface area contributed by atoms with E-state index in [1.165, 1.54) is 0 Å². The van der Waals surface area contributed by atoms with E-state index in [1.807, 2.05) is 20.8 Å². The average Bonchev–Trinajstić information content (AvgIpc) is 2.24. The summed E-state index contributed by atoms with van der Waals surface area (Å²) in [5.74, 6) is 0.400. The minimum Gasteiger partial charge on any atom is -0.364 e. The molecule has 1 aromatic rings. The van der Waals surface area contributed by atoms with Crippen LogP contribution in [0.3, 0.4) is 0 Å². The second-order valence-corrected chi connectivity index (χ2v) is 4.68. The smallest absolute Gasteiger partial charge is 0.272 e. The molecule has 0 aromatic carbocycles. The molecule has 17 heavy (non-hydrogen) atoms. The summed E-state index contributed by atoms with van der Waals surface area (Å²) in [6.45, 7) is 10.0. The molecule has 1 amide bonds. The van der Waals surface area contributed by atoms with Gasteiger partial charge in [-0.05, 0) is 32.9 Å². The molecular formula is C12H18N4O. The molecule has 0 aliphatic heterocycles. The highest BCUT2D eigenvalue weighted by Gasteiger charge is 2.11. The van der Waals surface area contributed by atoms with Gasteiger partial charge < -0.3 is 10.6 Å². The molecule has 0 aliphatic rings. The van der Waals surface area contributed by atoms with Crippen molar-refractivity contribution in [3.63, 3.8) is 0 Å². The van der Waals surface area contributed by atoms with Crippen LogP contribution in [0.25, 0.3) is 0 Å². The fourth-order valence-electron chi connectivity index (χ4n) is 1.16. The van der Waals surface area contributed by atoms with E-state index in [1.54, 1.807) is 18.2 Å². The topological polar surface area (TPSA) is 66.9 Å². The van der Waals surface area contributed by atoms with Gasteiger partial charge >= 0.3 is 0 Å². The number of nitrogens with zero attached hydrogens (tertiary/aromatic N) is 2. The summed E-state index contributed by atoms with van der Waals surface area (Å²) in [5.41, 5.74) is 0.215. The average molecular weight is 234 g/mol. The summed E-state index contributed by atoms with van der Waals surface area (Å²) >= 11 is 0. The minimum absolute atomic E-state index is 0.0820. The van der Waals surface area contributed by atoms with Crippen LogP contribution < -0.4 is 10.6 Å². The molecule has 5 nitrogen and oxygen atoms in total. The zero-order valence-electron chi connectivity index (χ0n) is 10.4. The lowest BCUT2D eigenvalue weighted by Gasteiger charge is -2.20. The molecule has 0 saturated carbocycles. The molecule has 92 valence electrons. The lowest BCUT2D eigenvalue weighted by Crippen LogP contribution is -2.28. The van der Waals surface area contributed by atoms with Crippen LogP contribution in [0.1, 0.15) is 31.3 Å². The number of aromatic nitrogens is 2. The quantitative estimate of drug-likeness (QED) is 0.777. The molecule has 0 aliphatic carbocycles. The first kappa shape index (κ1) is 13.2. The standard InChI is InChI=1S/C12H18N4O/c1-5-8-13-11(17)9-6-7-10(16-15-9)14-12(2,3)4/h5-7H,1,8H2,2-4H3,(H,13,17)(H,14,16). The van der Waals surface area contributed by atoms with Gasteiger partial charge in [-0.3, -0.25) is 4.79 Å². The Kier molecular flexibility index (Phi) is 4.20. The van der Waals surface area contributed by atoms with Crippen molar-refractivity contribution in [1.29, 1.82) is 0 Å². The summed E-state index contributed by atoms with van der Waals surface area (Å²) in [5, 5.41) is 13.6. The molecule has 0 spiro atoms.